The molecule has 0 heterocycles. The van der Waals surface area contributed by atoms with Crippen molar-refractivity contribution >= 4 is 21.8 Å². The Labute approximate surface area is 97.0 Å². The zero-order valence-electron chi connectivity index (χ0n) is 8.90. The van der Waals surface area contributed by atoms with Gasteiger partial charge in [-0.25, -0.2) is 4.39 Å². The minimum Gasteiger partial charge on any atom is -0.347 e. The fourth-order valence-electron chi connectivity index (χ4n) is 1.05. The van der Waals surface area contributed by atoms with Gasteiger partial charge in [-0.15, -0.1) is 0 Å². The second-order valence-corrected chi connectivity index (χ2v) is 5.19. The maximum atomic E-state index is 13.1. The highest BCUT2D eigenvalue weighted by Crippen LogP contribution is 2.16. The van der Waals surface area contributed by atoms with Gasteiger partial charge in [0.1, 0.15) is 5.82 Å². The molecule has 0 fully saturated rings. The maximum Gasteiger partial charge on any atom is 0.251 e. The average Bonchev–Trinajstić information content (AvgIpc) is 2.06. The Balaban J connectivity index is 2.88. The van der Waals surface area contributed by atoms with Crippen LogP contribution in [0, 0.1) is 5.82 Å². The first-order chi connectivity index (χ1) is 6.79. The minimum atomic E-state index is -0.434. The topological polar surface area (TPSA) is 29.1 Å². The van der Waals surface area contributed by atoms with Crippen molar-refractivity contribution in [3.05, 3.63) is 34.1 Å². The monoisotopic (exact) mass is 273 g/mol. The third-order valence-electron chi connectivity index (χ3n) is 1.67. The lowest BCUT2D eigenvalue weighted by atomic mass is 10.1. The van der Waals surface area contributed by atoms with E-state index in [4.69, 9.17) is 0 Å². The van der Waals surface area contributed by atoms with Gasteiger partial charge < -0.3 is 5.32 Å². The fourth-order valence-corrected chi connectivity index (χ4v) is 1.30. The lowest BCUT2D eigenvalue weighted by molar-refractivity contribution is 0.0919. The van der Waals surface area contributed by atoms with Gasteiger partial charge in [0.2, 0.25) is 0 Å². The van der Waals surface area contributed by atoms with E-state index in [0.717, 1.165) is 0 Å². The molecule has 15 heavy (non-hydrogen) atoms. The van der Waals surface area contributed by atoms with Gasteiger partial charge in [-0.05, 0) is 54.9 Å². The summed E-state index contributed by atoms with van der Waals surface area (Å²) in [6.45, 7) is 5.63. The molecule has 0 aliphatic rings. The molecule has 4 heteroatoms. The smallest absolute Gasteiger partial charge is 0.251 e. The first kappa shape index (κ1) is 12.2. The molecule has 0 bridgehead atoms. The lowest BCUT2D eigenvalue weighted by Gasteiger charge is -2.20. The van der Waals surface area contributed by atoms with E-state index in [1.54, 1.807) is 6.07 Å². The molecule has 0 saturated heterocycles. The van der Waals surface area contributed by atoms with Crippen molar-refractivity contribution < 1.29 is 9.18 Å². The Hall–Kier alpha value is -0.900. The van der Waals surface area contributed by atoms with Gasteiger partial charge in [0.05, 0.1) is 4.47 Å². The highest BCUT2D eigenvalue weighted by Gasteiger charge is 2.15. The fraction of sp³-hybridized carbons (Fsp3) is 0.364. The molecule has 0 aromatic heterocycles. The van der Waals surface area contributed by atoms with E-state index >= 15 is 0 Å². The molecule has 1 aromatic rings. The summed E-state index contributed by atoms with van der Waals surface area (Å²) in [6, 6.07) is 4.31. The Morgan fingerprint density at radius 1 is 1.40 bits per heavy atom. The molecule has 0 unspecified atom stereocenters. The summed E-state index contributed by atoms with van der Waals surface area (Å²) in [6.07, 6.45) is 0. The third-order valence-corrected chi connectivity index (χ3v) is 2.31. The molecule has 1 aromatic carbocycles. The van der Waals surface area contributed by atoms with Crippen LogP contribution in [-0.4, -0.2) is 11.4 Å². The number of carbonyl (C=O) groups is 1. The van der Waals surface area contributed by atoms with Gasteiger partial charge in [-0.1, -0.05) is 0 Å². The van der Waals surface area contributed by atoms with E-state index in [-0.39, 0.29) is 11.4 Å². The Bertz CT molecular complexity index is 385. The van der Waals surface area contributed by atoms with Crippen LogP contribution in [0.25, 0.3) is 0 Å². The molecule has 2 nitrogen and oxygen atoms in total. The molecule has 0 aliphatic heterocycles. The summed E-state index contributed by atoms with van der Waals surface area (Å²) in [5, 5.41) is 2.76. The van der Waals surface area contributed by atoms with Crippen LogP contribution in [0.15, 0.2) is 22.7 Å². The second-order valence-electron chi connectivity index (χ2n) is 4.33. The number of halogens is 2. The molecule has 0 saturated carbocycles. The predicted molar refractivity (Wildman–Crippen MR) is 61.3 cm³/mol. The van der Waals surface area contributed by atoms with Gasteiger partial charge >= 0.3 is 0 Å². The van der Waals surface area contributed by atoms with E-state index in [2.05, 4.69) is 21.2 Å². The van der Waals surface area contributed by atoms with Crippen molar-refractivity contribution in [1.82, 2.24) is 5.32 Å². The Morgan fingerprint density at radius 3 is 2.47 bits per heavy atom. The Kier molecular flexibility index (Phi) is 3.50. The van der Waals surface area contributed by atoms with Crippen molar-refractivity contribution in [1.29, 1.82) is 0 Å². The molecule has 1 rings (SSSR count). The van der Waals surface area contributed by atoms with Crippen LogP contribution in [-0.2, 0) is 0 Å². The highest BCUT2D eigenvalue weighted by molar-refractivity contribution is 9.10. The van der Waals surface area contributed by atoms with Gasteiger partial charge in [0.15, 0.2) is 0 Å². The average molecular weight is 274 g/mol. The van der Waals surface area contributed by atoms with Crippen LogP contribution in [0.3, 0.4) is 0 Å². The summed E-state index contributed by atoms with van der Waals surface area (Å²) in [5.74, 6) is -0.703. The van der Waals surface area contributed by atoms with Crippen molar-refractivity contribution in [3.63, 3.8) is 0 Å². The van der Waals surface area contributed by atoms with Crippen molar-refractivity contribution in [2.24, 2.45) is 0 Å². The SMILES string of the molecule is CC(C)(C)NC(=O)c1ccc(Br)c(F)c1. The van der Waals surface area contributed by atoms with Gasteiger partial charge in [0.25, 0.3) is 5.91 Å². The van der Waals surface area contributed by atoms with Crippen molar-refractivity contribution in [2.75, 3.05) is 0 Å². The maximum absolute atomic E-state index is 13.1. The summed E-state index contributed by atoms with van der Waals surface area (Å²) in [5.41, 5.74) is 0.00584. The van der Waals surface area contributed by atoms with Crippen molar-refractivity contribution in [3.8, 4) is 0 Å². The number of nitrogens with one attached hydrogen (secondary N) is 1. The quantitative estimate of drug-likeness (QED) is 0.837. The normalized spacial score (nSPS) is 11.3. The molecule has 0 aliphatic carbocycles. The molecular formula is C11H13BrFNO. The van der Waals surface area contributed by atoms with Gasteiger partial charge in [-0.3, -0.25) is 4.79 Å². The van der Waals surface area contributed by atoms with Gasteiger partial charge in [-0.2, -0.15) is 0 Å². The molecule has 82 valence electrons. The van der Waals surface area contributed by atoms with Crippen LogP contribution in [0.4, 0.5) is 4.39 Å². The van der Waals surface area contributed by atoms with E-state index < -0.39 is 5.82 Å². The summed E-state index contributed by atoms with van der Waals surface area (Å²) < 4.78 is 13.5. The first-order valence-corrected chi connectivity index (χ1v) is 5.36. The first-order valence-electron chi connectivity index (χ1n) is 4.57. The molecule has 1 amide bonds. The zero-order chi connectivity index (χ0) is 11.6. The van der Waals surface area contributed by atoms with E-state index in [1.807, 2.05) is 20.8 Å². The lowest BCUT2D eigenvalue weighted by Crippen LogP contribution is -2.40. The molecule has 0 spiro atoms. The van der Waals surface area contributed by atoms with Crippen LogP contribution < -0.4 is 5.32 Å². The summed E-state index contributed by atoms with van der Waals surface area (Å²) in [4.78, 5) is 11.6. The number of amides is 1. The zero-order valence-corrected chi connectivity index (χ0v) is 10.5. The van der Waals surface area contributed by atoms with Crippen LogP contribution >= 0.6 is 15.9 Å². The number of hydrogen-bond donors (Lipinski definition) is 1. The molecule has 1 N–H and O–H groups in total. The predicted octanol–water partition coefficient (Wildman–Crippen LogP) is 3.12. The summed E-state index contributed by atoms with van der Waals surface area (Å²) >= 11 is 3.03. The van der Waals surface area contributed by atoms with E-state index in [9.17, 15) is 9.18 Å². The Morgan fingerprint density at radius 2 is 2.00 bits per heavy atom. The molecule has 0 radical (unpaired) electrons. The van der Waals surface area contributed by atoms with Crippen LogP contribution in [0.2, 0.25) is 0 Å². The van der Waals surface area contributed by atoms with Gasteiger partial charge in [0, 0.05) is 11.1 Å². The van der Waals surface area contributed by atoms with Crippen LogP contribution in [0.5, 0.6) is 0 Å². The number of benzene rings is 1. The van der Waals surface area contributed by atoms with E-state index in [0.29, 0.717) is 10.0 Å². The largest absolute Gasteiger partial charge is 0.347 e. The highest BCUT2D eigenvalue weighted by atomic mass is 79.9. The van der Waals surface area contributed by atoms with E-state index in [1.165, 1.54) is 12.1 Å². The summed E-state index contributed by atoms with van der Waals surface area (Å²) in [7, 11) is 0. The number of carbonyl (C=O) groups excluding carboxylic acids is 1. The van der Waals surface area contributed by atoms with Crippen molar-refractivity contribution in [2.45, 2.75) is 26.3 Å². The van der Waals surface area contributed by atoms with Crippen LogP contribution in [0.1, 0.15) is 31.1 Å². The number of rotatable bonds is 1. The second kappa shape index (κ2) is 4.31. The third kappa shape index (κ3) is 3.63. The minimum absolute atomic E-state index is 0.270. The molecular weight excluding hydrogens is 261 g/mol. The standard InChI is InChI=1S/C11H13BrFNO/c1-11(2,3)14-10(15)7-4-5-8(12)9(13)6-7/h4-6H,1-3H3,(H,14,15). The number of hydrogen-bond acceptors (Lipinski definition) is 1. The molecule has 0 atom stereocenters.